The van der Waals surface area contributed by atoms with Gasteiger partial charge >= 0.3 is 0 Å². The molecule has 1 aliphatic heterocycles. The summed E-state index contributed by atoms with van der Waals surface area (Å²) in [5.74, 6) is 1.27. The van der Waals surface area contributed by atoms with Crippen molar-refractivity contribution in [2.24, 2.45) is 5.92 Å². The van der Waals surface area contributed by atoms with Crippen LogP contribution in [-0.2, 0) is 19.7 Å². The number of amides is 2. The molecule has 1 spiro atoms. The van der Waals surface area contributed by atoms with Crippen molar-refractivity contribution in [1.29, 1.82) is 0 Å². The second-order valence-corrected chi connectivity index (χ2v) is 8.53. The molecular weight excluding hydrogens is 340 g/mol. The van der Waals surface area contributed by atoms with Crippen molar-refractivity contribution < 1.29 is 14.3 Å². The molecule has 27 heavy (non-hydrogen) atoms. The van der Waals surface area contributed by atoms with Crippen molar-refractivity contribution in [3.63, 3.8) is 0 Å². The quantitative estimate of drug-likeness (QED) is 0.837. The first kappa shape index (κ1) is 18.5. The normalized spacial score (nSPS) is 23.3. The molecule has 1 saturated heterocycles. The maximum Gasteiger partial charge on any atom is 0.248 e. The SMILES string of the molecule is COCC(=O)N1CCC2(CC1)C[C@@H](CC(=O)NCC1CC1)c1ccccc12. The van der Waals surface area contributed by atoms with E-state index in [1.165, 1.54) is 24.0 Å². The largest absolute Gasteiger partial charge is 0.375 e. The lowest BCUT2D eigenvalue weighted by molar-refractivity contribution is -0.136. The van der Waals surface area contributed by atoms with Crippen LogP contribution in [0.3, 0.4) is 0 Å². The van der Waals surface area contributed by atoms with Gasteiger partial charge < -0.3 is 15.0 Å². The molecule has 2 amide bonds. The lowest BCUT2D eigenvalue weighted by atomic mass is 9.73. The van der Waals surface area contributed by atoms with E-state index < -0.39 is 0 Å². The van der Waals surface area contributed by atoms with Gasteiger partial charge in [0, 0.05) is 33.2 Å². The summed E-state index contributed by atoms with van der Waals surface area (Å²) in [6.45, 7) is 2.55. The Balaban J connectivity index is 1.44. The molecule has 4 rings (SSSR count). The Morgan fingerprint density at radius 1 is 1.22 bits per heavy atom. The molecule has 1 heterocycles. The first-order valence-electron chi connectivity index (χ1n) is 10.2. The highest BCUT2D eigenvalue weighted by atomic mass is 16.5. The van der Waals surface area contributed by atoms with Crippen LogP contribution < -0.4 is 5.32 Å². The summed E-state index contributed by atoms with van der Waals surface area (Å²) in [5.41, 5.74) is 2.86. The molecule has 2 aliphatic carbocycles. The van der Waals surface area contributed by atoms with Gasteiger partial charge in [-0.2, -0.15) is 0 Å². The van der Waals surface area contributed by atoms with Crippen LogP contribution >= 0.6 is 0 Å². The highest BCUT2D eigenvalue weighted by Gasteiger charge is 2.46. The molecule has 1 aromatic rings. The third kappa shape index (κ3) is 3.88. The number of carbonyl (C=O) groups excluding carboxylic acids is 2. The molecule has 146 valence electrons. The number of carbonyl (C=O) groups is 2. The summed E-state index contributed by atoms with van der Waals surface area (Å²) in [7, 11) is 1.56. The van der Waals surface area contributed by atoms with E-state index in [0.29, 0.717) is 18.3 Å². The Morgan fingerprint density at radius 2 is 1.96 bits per heavy atom. The number of nitrogens with one attached hydrogen (secondary N) is 1. The summed E-state index contributed by atoms with van der Waals surface area (Å²) in [5, 5.41) is 3.12. The fraction of sp³-hybridized carbons (Fsp3) is 0.636. The number of fused-ring (bicyclic) bond motifs is 2. The number of piperidine rings is 1. The van der Waals surface area contributed by atoms with Crippen molar-refractivity contribution in [3.05, 3.63) is 35.4 Å². The van der Waals surface area contributed by atoms with Gasteiger partial charge in [0.15, 0.2) is 0 Å². The van der Waals surface area contributed by atoms with E-state index in [-0.39, 0.29) is 23.8 Å². The molecule has 2 fully saturated rings. The number of hydrogen-bond donors (Lipinski definition) is 1. The molecule has 3 aliphatic rings. The first-order valence-corrected chi connectivity index (χ1v) is 10.2. The number of nitrogens with zero attached hydrogens (tertiary/aromatic N) is 1. The summed E-state index contributed by atoms with van der Waals surface area (Å²) in [6.07, 6.45) is 6.06. The van der Waals surface area contributed by atoms with E-state index in [2.05, 4.69) is 29.6 Å². The second-order valence-electron chi connectivity index (χ2n) is 8.53. The Kier molecular flexibility index (Phi) is 5.22. The molecule has 0 aromatic heterocycles. The summed E-state index contributed by atoms with van der Waals surface area (Å²) < 4.78 is 5.00. The smallest absolute Gasteiger partial charge is 0.248 e. The van der Waals surface area contributed by atoms with Gasteiger partial charge in [0.2, 0.25) is 11.8 Å². The Hall–Kier alpha value is -1.88. The Bertz CT molecular complexity index is 705. The van der Waals surface area contributed by atoms with E-state index in [4.69, 9.17) is 4.74 Å². The summed E-state index contributed by atoms with van der Waals surface area (Å²) in [6, 6.07) is 8.64. The maximum atomic E-state index is 12.4. The van der Waals surface area contributed by atoms with E-state index >= 15 is 0 Å². The minimum atomic E-state index is 0.0784. The number of hydrogen-bond acceptors (Lipinski definition) is 3. The topological polar surface area (TPSA) is 58.6 Å². The number of benzene rings is 1. The van der Waals surface area contributed by atoms with Gasteiger partial charge in [0.05, 0.1) is 0 Å². The lowest BCUT2D eigenvalue weighted by Crippen LogP contribution is -2.45. The van der Waals surface area contributed by atoms with Crippen molar-refractivity contribution in [2.75, 3.05) is 33.4 Å². The Morgan fingerprint density at radius 3 is 2.67 bits per heavy atom. The molecular formula is C22H30N2O3. The van der Waals surface area contributed by atoms with E-state index in [9.17, 15) is 9.59 Å². The average molecular weight is 370 g/mol. The third-order valence-electron chi connectivity index (χ3n) is 6.67. The van der Waals surface area contributed by atoms with Gasteiger partial charge in [-0.1, -0.05) is 24.3 Å². The van der Waals surface area contributed by atoms with Gasteiger partial charge in [0.1, 0.15) is 6.61 Å². The molecule has 1 saturated carbocycles. The van der Waals surface area contributed by atoms with E-state index in [1.807, 2.05) is 4.90 Å². The van der Waals surface area contributed by atoms with E-state index in [0.717, 1.165) is 38.9 Å². The van der Waals surface area contributed by atoms with Crippen LogP contribution in [0, 0.1) is 5.92 Å². The monoisotopic (exact) mass is 370 g/mol. The molecule has 0 unspecified atom stereocenters. The number of likely N-dealkylation sites (tertiary alicyclic amines) is 1. The van der Waals surface area contributed by atoms with Gasteiger partial charge in [-0.05, 0) is 60.5 Å². The van der Waals surface area contributed by atoms with Crippen LogP contribution in [0.25, 0.3) is 0 Å². The van der Waals surface area contributed by atoms with Crippen molar-refractivity contribution in [2.45, 2.75) is 49.9 Å². The van der Waals surface area contributed by atoms with Crippen LogP contribution in [-0.4, -0.2) is 50.1 Å². The van der Waals surface area contributed by atoms with Crippen LogP contribution in [0.15, 0.2) is 24.3 Å². The third-order valence-corrected chi connectivity index (χ3v) is 6.67. The zero-order valence-corrected chi connectivity index (χ0v) is 16.2. The van der Waals surface area contributed by atoms with Gasteiger partial charge in [-0.25, -0.2) is 0 Å². The fourth-order valence-corrected chi connectivity index (χ4v) is 4.96. The molecule has 1 N–H and O–H groups in total. The van der Waals surface area contributed by atoms with Crippen LogP contribution in [0.1, 0.15) is 55.6 Å². The van der Waals surface area contributed by atoms with Crippen LogP contribution in [0.5, 0.6) is 0 Å². The van der Waals surface area contributed by atoms with Gasteiger partial charge in [0.25, 0.3) is 0 Å². The predicted octanol–water partition coefficient (Wildman–Crippen LogP) is 2.60. The fourth-order valence-electron chi connectivity index (χ4n) is 4.96. The zero-order chi connectivity index (χ0) is 18.9. The predicted molar refractivity (Wildman–Crippen MR) is 104 cm³/mol. The van der Waals surface area contributed by atoms with Crippen molar-refractivity contribution in [3.8, 4) is 0 Å². The maximum absolute atomic E-state index is 12.4. The molecule has 0 radical (unpaired) electrons. The molecule has 0 bridgehead atoms. The van der Waals surface area contributed by atoms with E-state index in [1.54, 1.807) is 7.11 Å². The molecule has 5 heteroatoms. The molecule has 1 atom stereocenters. The van der Waals surface area contributed by atoms with Gasteiger partial charge in [-0.3, -0.25) is 9.59 Å². The number of rotatable bonds is 6. The minimum absolute atomic E-state index is 0.0784. The number of methoxy groups -OCH3 is 1. The van der Waals surface area contributed by atoms with Crippen molar-refractivity contribution in [1.82, 2.24) is 10.2 Å². The highest BCUT2D eigenvalue weighted by Crippen LogP contribution is 2.52. The lowest BCUT2D eigenvalue weighted by Gasteiger charge is -2.40. The molecule has 1 aromatic carbocycles. The zero-order valence-electron chi connectivity index (χ0n) is 16.2. The minimum Gasteiger partial charge on any atom is -0.375 e. The van der Waals surface area contributed by atoms with Crippen LogP contribution in [0.4, 0.5) is 0 Å². The van der Waals surface area contributed by atoms with Gasteiger partial charge in [-0.15, -0.1) is 0 Å². The highest BCUT2D eigenvalue weighted by molar-refractivity contribution is 5.78. The summed E-state index contributed by atoms with van der Waals surface area (Å²) in [4.78, 5) is 26.5. The van der Waals surface area contributed by atoms with Crippen LogP contribution in [0.2, 0.25) is 0 Å². The molecule has 5 nitrogen and oxygen atoms in total. The summed E-state index contributed by atoms with van der Waals surface area (Å²) >= 11 is 0. The first-order chi connectivity index (χ1) is 13.1. The second kappa shape index (κ2) is 7.63. The average Bonchev–Trinajstić information content (AvgIpc) is 3.47. The Labute approximate surface area is 161 Å². The number of ether oxygens (including phenoxy) is 1. The van der Waals surface area contributed by atoms with Crippen molar-refractivity contribution >= 4 is 11.8 Å². The standard InChI is InChI=1S/C22H30N2O3/c1-27-15-21(26)24-10-8-22(9-11-24)13-17(18-4-2-3-5-19(18)22)12-20(25)23-14-16-6-7-16/h2-5,16-17H,6-15H2,1H3,(H,23,25)/t17-/m1/s1.